The number of hydrogen-bond acceptors (Lipinski definition) is 5. The lowest BCUT2D eigenvalue weighted by Gasteiger charge is -2.31. The summed E-state index contributed by atoms with van der Waals surface area (Å²) in [5, 5.41) is 2.86. The van der Waals surface area contributed by atoms with Crippen LogP contribution in [0.1, 0.15) is 11.1 Å². The molecule has 1 aliphatic heterocycles. The molecule has 0 bridgehead atoms. The van der Waals surface area contributed by atoms with Crippen LogP contribution in [0.5, 0.6) is 11.5 Å². The van der Waals surface area contributed by atoms with E-state index in [1.165, 1.54) is 7.11 Å². The molecule has 2 atom stereocenters. The van der Waals surface area contributed by atoms with Crippen molar-refractivity contribution in [2.75, 3.05) is 33.9 Å². The van der Waals surface area contributed by atoms with E-state index in [-0.39, 0.29) is 24.5 Å². The van der Waals surface area contributed by atoms with Gasteiger partial charge in [0, 0.05) is 12.0 Å². The molecule has 7 heteroatoms. The molecule has 1 heterocycles. The smallest absolute Gasteiger partial charge is 0.365 e. The van der Waals surface area contributed by atoms with Crippen LogP contribution in [0.15, 0.2) is 48.5 Å². The Kier molecular flexibility index (Phi) is 7.08. The zero-order chi connectivity index (χ0) is 20.6. The van der Waals surface area contributed by atoms with Crippen LogP contribution >= 0.6 is 0 Å². The van der Waals surface area contributed by atoms with Crippen LogP contribution in [-0.2, 0) is 27.3 Å². The number of nitrogens with one attached hydrogen (secondary N) is 2. The Morgan fingerprint density at radius 1 is 1.03 bits per heavy atom. The number of rotatable bonds is 8. The van der Waals surface area contributed by atoms with Crippen molar-refractivity contribution in [1.82, 2.24) is 5.32 Å². The molecular weight excluding hydrogens is 372 g/mol. The number of amides is 1. The Labute approximate surface area is 170 Å². The van der Waals surface area contributed by atoms with Gasteiger partial charge in [-0.2, -0.15) is 0 Å². The van der Waals surface area contributed by atoms with Gasteiger partial charge in [-0.1, -0.05) is 36.4 Å². The first-order valence-corrected chi connectivity index (χ1v) is 9.64. The quantitative estimate of drug-likeness (QED) is 0.496. The molecule has 2 N–H and O–H groups in total. The molecule has 1 unspecified atom stereocenters. The number of carbonyl (C=O) groups excluding carboxylic acids is 2. The summed E-state index contributed by atoms with van der Waals surface area (Å²) in [6.45, 7) is 1.50. The van der Waals surface area contributed by atoms with E-state index in [4.69, 9.17) is 14.2 Å². The predicted molar refractivity (Wildman–Crippen MR) is 107 cm³/mol. The van der Waals surface area contributed by atoms with E-state index in [1.54, 1.807) is 7.11 Å². The maximum Gasteiger partial charge on any atom is 0.365 e. The molecule has 2 aromatic rings. The average molecular weight is 399 g/mol. The summed E-state index contributed by atoms with van der Waals surface area (Å²) < 4.78 is 15.9. The monoisotopic (exact) mass is 399 g/mol. The second-order valence-electron chi connectivity index (χ2n) is 6.91. The Balaban J connectivity index is 1.52. The fourth-order valence-electron chi connectivity index (χ4n) is 3.60. The highest BCUT2D eigenvalue weighted by atomic mass is 16.5. The number of benzene rings is 2. The van der Waals surface area contributed by atoms with Crippen molar-refractivity contribution in [3.63, 3.8) is 0 Å². The van der Waals surface area contributed by atoms with Crippen LogP contribution in [0.2, 0.25) is 0 Å². The Morgan fingerprint density at radius 2 is 1.72 bits per heavy atom. The molecule has 29 heavy (non-hydrogen) atoms. The van der Waals surface area contributed by atoms with Crippen LogP contribution in [-0.4, -0.2) is 51.8 Å². The van der Waals surface area contributed by atoms with E-state index in [0.29, 0.717) is 37.6 Å². The van der Waals surface area contributed by atoms with Gasteiger partial charge in [0.25, 0.3) is 5.91 Å². The van der Waals surface area contributed by atoms with Crippen molar-refractivity contribution in [2.24, 2.45) is 0 Å². The van der Waals surface area contributed by atoms with E-state index in [9.17, 15) is 9.59 Å². The first-order chi connectivity index (χ1) is 14.1. The van der Waals surface area contributed by atoms with Gasteiger partial charge in [0.2, 0.25) is 0 Å². The maximum absolute atomic E-state index is 12.4. The Morgan fingerprint density at radius 3 is 2.45 bits per heavy atom. The van der Waals surface area contributed by atoms with Crippen LogP contribution in [0.25, 0.3) is 0 Å². The van der Waals surface area contributed by atoms with Crippen molar-refractivity contribution in [1.29, 1.82) is 0 Å². The minimum absolute atomic E-state index is 0.128. The zero-order valence-corrected chi connectivity index (χ0v) is 16.8. The molecule has 2 aromatic carbocycles. The number of esters is 1. The molecule has 3 rings (SSSR count). The molecule has 1 aliphatic rings. The predicted octanol–water partition coefficient (Wildman–Crippen LogP) is 0.373. The molecule has 0 saturated carbocycles. The largest absolute Gasteiger partial charge is 0.493 e. The highest BCUT2D eigenvalue weighted by Gasteiger charge is 2.36. The van der Waals surface area contributed by atoms with Crippen LogP contribution in [0.4, 0.5) is 0 Å². The summed E-state index contributed by atoms with van der Waals surface area (Å²) in [4.78, 5) is 25.6. The van der Waals surface area contributed by atoms with Gasteiger partial charge in [0.05, 0.1) is 20.8 Å². The molecule has 0 saturated heterocycles. The van der Waals surface area contributed by atoms with Gasteiger partial charge in [-0.15, -0.1) is 0 Å². The lowest BCUT2D eigenvalue weighted by Crippen LogP contribution is -3.17. The summed E-state index contributed by atoms with van der Waals surface area (Å²) >= 11 is 0. The molecule has 154 valence electrons. The van der Waals surface area contributed by atoms with E-state index >= 15 is 0 Å². The van der Waals surface area contributed by atoms with Gasteiger partial charge >= 0.3 is 5.97 Å². The van der Waals surface area contributed by atoms with E-state index in [0.717, 1.165) is 16.0 Å². The third kappa shape index (κ3) is 5.26. The van der Waals surface area contributed by atoms with Gasteiger partial charge in [0.15, 0.2) is 24.1 Å². The van der Waals surface area contributed by atoms with Gasteiger partial charge < -0.3 is 24.4 Å². The third-order valence-corrected chi connectivity index (χ3v) is 5.08. The van der Waals surface area contributed by atoms with Gasteiger partial charge in [-0.3, -0.25) is 4.79 Å². The summed E-state index contributed by atoms with van der Waals surface area (Å²) in [5.74, 6) is 0.864. The van der Waals surface area contributed by atoms with E-state index < -0.39 is 0 Å². The van der Waals surface area contributed by atoms with Crippen molar-refractivity contribution < 1.29 is 28.7 Å². The standard InChI is InChI=1S/C22H26N2O5/c1-27-19-9-5-6-10-20(19)29-12-11-23-21(25)15-24-14-17-8-4-3-7-16(17)13-18(24)22(26)28-2/h3-10,18H,11-15H2,1-2H3,(H,23,25)/p+1/t18-/m0/s1. The summed E-state index contributed by atoms with van der Waals surface area (Å²) in [6.07, 6.45) is 0.572. The van der Waals surface area contributed by atoms with Crippen molar-refractivity contribution in [2.45, 2.75) is 19.0 Å². The second kappa shape index (κ2) is 9.93. The third-order valence-electron chi connectivity index (χ3n) is 5.08. The molecule has 0 fully saturated rings. The van der Waals surface area contributed by atoms with Gasteiger partial charge in [-0.25, -0.2) is 4.79 Å². The summed E-state index contributed by atoms with van der Waals surface area (Å²) in [6, 6.07) is 15.0. The molecule has 0 spiro atoms. The van der Waals surface area contributed by atoms with Gasteiger partial charge in [0.1, 0.15) is 13.2 Å². The fourth-order valence-corrected chi connectivity index (χ4v) is 3.60. The lowest BCUT2D eigenvalue weighted by atomic mass is 9.94. The highest BCUT2D eigenvalue weighted by Crippen LogP contribution is 2.25. The average Bonchev–Trinajstić information content (AvgIpc) is 2.76. The SMILES string of the molecule is COC(=O)[C@@H]1Cc2ccccc2C[NH+]1CC(=O)NCCOc1ccccc1OC. The maximum atomic E-state index is 12.4. The van der Waals surface area contributed by atoms with Gasteiger partial charge in [-0.05, 0) is 17.7 Å². The van der Waals surface area contributed by atoms with E-state index in [2.05, 4.69) is 5.32 Å². The first-order valence-electron chi connectivity index (χ1n) is 9.64. The molecule has 0 aliphatic carbocycles. The van der Waals surface area contributed by atoms with Crippen molar-refractivity contribution in [3.8, 4) is 11.5 Å². The lowest BCUT2D eigenvalue weighted by molar-refractivity contribution is -0.924. The van der Waals surface area contributed by atoms with Crippen molar-refractivity contribution >= 4 is 11.9 Å². The topological polar surface area (TPSA) is 78.3 Å². The fraction of sp³-hybridized carbons (Fsp3) is 0.364. The number of ether oxygens (including phenoxy) is 3. The summed E-state index contributed by atoms with van der Waals surface area (Å²) in [5.41, 5.74) is 2.30. The number of quaternary nitrogens is 1. The van der Waals surface area contributed by atoms with Crippen LogP contribution in [0.3, 0.4) is 0 Å². The number of fused-ring (bicyclic) bond motifs is 1. The Bertz CT molecular complexity index is 855. The first kappa shape index (κ1) is 20.7. The Hall–Kier alpha value is -3.06. The van der Waals surface area contributed by atoms with Crippen LogP contribution < -0.4 is 19.7 Å². The number of para-hydroxylation sites is 2. The molecule has 1 amide bonds. The summed E-state index contributed by atoms with van der Waals surface area (Å²) in [7, 11) is 2.97. The molecular formula is C22H27N2O5+. The molecule has 7 nitrogen and oxygen atoms in total. The second-order valence-corrected chi connectivity index (χ2v) is 6.91. The minimum atomic E-state index is -0.384. The molecule has 0 radical (unpaired) electrons. The minimum Gasteiger partial charge on any atom is -0.493 e. The zero-order valence-electron chi connectivity index (χ0n) is 16.8. The molecule has 0 aromatic heterocycles. The van der Waals surface area contributed by atoms with E-state index in [1.807, 2.05) is 48.5 Å². The number of methoxy groups -OCH3 is 2. The number of carbonyl (C=O) groups is 2. The van der Waals surface area contributed by atoms with Crippen LogP contribution in [0, 0.1) is 0 Å². The normalized spacial score (nSPS) is 17.7. The number of hydrogen-bond donors (Lipinski definition) is 2. The van der Waals surface area contributed by atoms with Crippen molar-refractivity contribution in [3.05, 3.63) is 59.7 Å². The highest BCUT2D eigenvalue weighted by molar-refractivity contribution is 5.78.